The molecule has 0 saturated heterocycles. The zero-order valence-corrected chi connectivity index (χ0v) is 10.8. The molecular formula is C15H18N2O2. The maximum atomic E-state index is 9.53. The molecule has 0 aromatic carbocycles. The van der Waals surface area contributed by atoms with Gasteiger partial charge in [0.05, 0.1) is 11.8 Å². The van der Waals surface area contributed by atoms with E-state index in [2.05, 4.69) is 47.1 Å². The van der Waals surface area contributed by atoms with Gasteiger partial charge in [-0.1, -0.05) is 53.8 Å². The van der Waals surface area contributed by atoms with Gasteiger partial charge in [-0.3, -0.25) is 0 Å². The smallest absolute Gasteiger partial charge is 0.106 e. The zero-order chi connectivity index (χ0) is 13.2. The van der Waals surface area contributed by atoms with Crippen molar-refractivity contribution in [2.75, 3.05) is 7.11 Å². The molecule has 100 valence electrons. The van der Waals surface area contributed by atoms with Crippen LogP contribution >= 0.6 is 0 Å². The largest absolute Gasteiger partial charge is 0.399 e. The summed E-state index contributed by atoms with van der Waals surface area (Å²) in [7, 11) is 1.54. The highest BCUT2D eigenvalue weighted by molar-refractivity contribution is 5.94. The van der Waals surface area contributed by atoms with Crippen molar-refractivity contribution in [1.82, 2.24) is 5.48 Å². The molecule has 5 unspecified atom stereocenters. The van der Waals surface area contributed by atoms with Gasteiger partial charge in [0.2, 0.25) is 0 Å². The summed E-state index contributed by atoms with van der Waals surface area (Å²) < 4.78 is 0. The first-order chi connectivity index (χ1) is 9.36. The lowest BCUT2D eigenvalue weighted by molar-refractivity contribution is 0.100. The third-order valence-electron chi connectivity index (χ3n) is 4.23. The number of nitrogens with one attached hydrogen (secondary N) is 1. The molecule has 2 N–H and O–H groups in total. The average molecular weight is 258 g/mol. The van der Waals surface area contributed by atoms with Crippen molar-refractivity contribution >= 4 is 5.71 Å². The van der Waals surface area contributed by atoms with Crippen LogP contribution in [0.15, 0.2) is 53.8 Å². The van der Waals surface area contributed by atoms with Crippen LogP contribution in [0.2, 0.25) is 0 Å². The third kappa shape index (κ3) is 1.97. The summed E-state index contributed by atoms with van der Waals surface area (Å²) in [5.74, 6) is 1.11. The summed E-state index contributed by atoms with van der Waals surface area (Å²) in [5.41, 5.74) is 3.28. The Balaban J connectivity index is 2.04. The molecule has 3 aliphatic carbocycles. The molecule has 0 bridgehead atoms. The third-order valence-corrected chi connectivity index (χ3v) is 4.23. The van der Waals surface area contributed by atoms with E-state index >= 15 is 0 Å². The van der Waals surface area contributed by atoms with E-state index < -0.39 is 0 Å². The Labute approximate surface area is 112 Å². The molecule has 1 saturated carbocycles. The van der Waals surface area contributed by atoms with Crippen molar-refractivity contribution < 1.29 is 10.0 Å². The van der Waals surface area contributed by atoms with Crippen molar-refractivity contribution in [2.45, 2.75) is 6.04 Å². The molecule has 4 heteroatoms. The van der Waals surface area contributed by atoms with Crippen LogP contribution in [0, 0.1) is 23.7 Å². The summed E-state index contributed by atoms with van der Waals surface area (Å²) in [6.45, 7) is 0. The molecule has 0 aromatic rings. The molecule has 0 radical (unpaired) electrons. The average Bonchev–Trinajstić information content (AvgIpc) is 2.48. The number of rotatable bonds is 2. The maximum absolute atomic E-state index is 9.53. The Kier molecular flexibility index (Phi) is 3.36. The van der Waals surface area contributed by atoms with Crippen LogP contribution in [0.3, 0.4) is 0 Å². The molecular weight excluding hydrogens is 240 g/mol. The predicted octanol–water partition coefficient (Wildman–Crippen LogP) is 2.07. The van der Waals surface area contributed by atoms with Gasteiger partial charge >= 0.3 is 0 Å². The Morgan fingerprint density at radius 1 is 1.00 bits per heavy atom. The molecule has 0 heterocycles. The maximum Gasteiger partial charge on any atom is 0.106 e. The van der Waals surface area contributed by atoms with Crippen molar-refractivity contribution in [2.24, 2.45) is 28.8 Å². The lowest BCUT2D eigenvalue weighted by Gasteiger charge is -2.45. The molecule has 4 nitrogen and oxygen atoms in total. The number of fused-ring (bicyclic) bond motifs is 3. The summed E-state index contributed by atoms with van der Waals surface area (Å²) in [5, 5.41) is 13.7. The summed E-state index contributed by atoms with van der Waals surface area (Å²) >= 11 is 0. The highest BCUT2D eigenvalue weighted by Crippen LogP contribution is 2.43. The van der Waals surface area contributed by atoms with Gasteiger partial charge in [0, 0.05) is 11.8 Å². The predicted molar refractivity (Wildman–Crippen MR) is 73.7 cm³/mol. The highest BCUT2D eigenvalue weighted by Gasteiger charge is 2.46. The zero-order valence-electron chi connectivity index (χ0n) is 10.8. The van der Waals surface area contributed by atoms with Crippen LogP contribution in [0.1, 0.15) is 0 Å². The van der Waals surface area contributed by atoms with Gasteiger partial charge in [-0.25, -0.2) is 0 Å². The van der Waals surface area contributed by atoms with Crippen LogP contribution in [0.5, 0.6) is 0 Å². The summed E-state index contributed by atoms with van der Waals surface area (Å²) in [4.78, 5) is 4.98. The first-order valence-corrected chi connectivity index (χ1v) is 6.57. The van der Waals surface area contributed by atoms with Gasteiger partial charge in [-0.2, -0.15) is 5.48 Å². The minimum atomic E-state index is -0.205. The van der Waals surface area contributed by atoms with Gasteiger partial charge in [-0.05, 0) is 11.8 Å². The quantitative estimate of drug-likeness (QED) is 0.745. The van der Waals surface area contributed by atoms with Crippen molar-refractivity contribution in [1.29, 1.82) is 0 Å². The van der Waals surface area contributed by atoms with Crippen LogP contribution in [-0.4, -0.2) is 24.1 Å². The second kappa shape index (κ2) is 5.15. The minimum Gasteiger partial charge on any atom is -0.399 e. The van der Waals surface area contributed by atoms with E-state index in [1.807, 2.05) is 12.2 Å². The number of hydrogen-bond donors (Lipinski definition) is 2. The Morgan fingerprint density at radius 3 is 2.32 bits per heavy atom. The molecule has 0 amide bonds. The summed E-state index contributed by atoms with van der Waals surface area (Å²) in [6, 6.07) is -0.205. The monoisotopic (exact) mass is 258 g/mol. The molecule has 19 heavy (non-hydrogen) atoms. The van der Waals surface area contributed by atoms with Gasteiger partial charge in [-0.15, -0.1) is 0 Å². The molecule has 0 aliphatic heterocycles. The highest BCUT2D eigenvalue weighted by atomic mass is 16.6. The first kappa shape index (κ1) is 12.4. The molecule has 0 aromatic heterocycles. The van der Waals surface area contributed by atoms with Crippen LogP contribution < -0.4 is 5.48 Å². The van der Waals surface area contributed by atoms with Crippen molar-refractivity contribution in [3.05, 3.63) is 48.6 Å². The number of hydrogen-bond acceptors (Lipinski definition) is 4. The van der Waals surface area contributed by atoms with Crippen LogP contribution in [0.4, 0.5) is 0 Å². The van der Waals surface area contributed by atoms with Gasteiger partial charge in [0.15, 0.2) is 0 Å². The van der Waals surface area contributed by atoms with E-state index in [0.717, 1.165) is 5.71 Å². The standard InChI is InChI=1S/C15H18N2O2/c1-19-17-15-13-9-5-3-7-11(13)10-6-2-4-8-12(10)14(15)16-18/h2-14,16,18H,1H3/b17-15+. The Bertz CT molecular complexity index is 490. The van der Waals surface area contributed by atoms with E-state index in [-0.39, 0.29) is 17.9 Å². The molecule has 5 atom stereocenters. The molecule has 3 rings (SSSR count). The fourth-order valence-corrected chi connectivity index (χ4v) is 3.43. The molecule has 3 aliphatic rings. The Morgan fingerprint density at radius 2 is 1.63 bits per heavy atom. The van der Waals surface area contributed by atoms with E-state index in [9.17, 15) is 5.21 Å². The molecule has 0 spiro atoms. The fourth-order valence-electron chi connectivity index (χ4n) is 3.43. The van der Waals surface area contributed by atoms with E-state index in [0.29, 0.717) is 11.8 Å². The second-order valence-corrected chi connectivity index (χ2v) is 5.10. The van der Waals surface area contributed by atoms with Gasteiger partial charge in [0.1, 0.15) is 7.11 Å². The first-order valence-electron chi connectivity index (χ1n) is 6.57. The lowest BCUT2D eigenvalue weighted by atomic mass is 9.61. The molecule has 1 fully saturated rings. The summed E-state index contributed by atoms with van der Waals surface area (Å²) in [6.07, 6.45) is 16.9. The fraction of sp³-hybridized carbons (Fsp3) is 0.400. The van der Waals surface area contributed by atoms with Gasteiger partial charge < -0.3 is 10.0 Å². The van der Waals surface area contributed by atoms with Crippen LogP contribution in [-0.2, 0) is 4.84 Å². The normalized spacial score (nSPS) is 41.2. The number of hydroxylamine groups is 1. The topological polar surface area (TPSA) is 53.8 Å². The minimum absolute atomic E-state index is 0.173. The number of oxime groups is 1. The SMILES string of the molecule is CO/N=C1\C2C=CC=CC2C2C=CC=CC2C1NO. The Hall–Kier alpha value is -1.65. The number of allylic oxidation sites excluding steroid dienone is 7. The lowest BCUT2D eigenvalue weighted by Crippen LogP contribution is -2.54. The van der Waals surface area contributed by atoms with E-state index in [1.54, 1.807) is 7.11 Å². The second-order valence-electron chi connectivity index (χ2n) is 5.10. The van der Waals surface area contributed by atoms with E-state index in [1.165, 1.54) is 0 Å². The van der Waals surface area contributed by atoms with Gasteiger partial charge in [0.25, 0.3) is 0 Å². The van der Waals surface area contributed by atoms with Crippen LogP contribution in [0.25, 0.3) is 0 Å². The van der Waals surface area contributed by atoms with Crippen molar-refractivity contribution in [3.63, 3.8) is 0 Å². The van der Waals surface area contributed by atoms with E-state index in [4.69, 9.17) is 4.84 Å². The number of nitrogens with zero attached hydrogens (tertiary/aromatic N) is 1. The van der Waals surface area contributed by atoms with Crippen molar-refractivity contribution in [3.8, 4) is 0 Å².